The smallest absolute Gasteiger partial charge is 0.287 e. The third-order valence-electron chi connectivity index (χ3n) is 3.10. The molecule has 1 aliphatic carbocycles. The van der Waals surface area contributed by atoms with Gasteiger partial charge in [-0.3, -0.25) is 4.79 Å². The van der Waals surface area contributed by atoms with Crippen LogP contribution in [0.25, 0.3) is 0 Å². The predicted molar refractivity (Wildman–Crippen MR) is 66.4 cm³/mol. The second kappa shape index (κ2) is 5.51. The van der Waals surface area contributed by atoms with Crippen molar-refractivity contribution < 1.29 is 5.11 Å². The Morgan fingerprint density at radius 2 is 2.35 bits per heavy atom. The van der Waals surface area contributed by atoms with Crippen molar-refractivity contribution >= 4 is 17.3 Å². The molecule has 0 aliphatic heterocycles. The summed E-state index contributed by atoms with van der Waals surface area (Å²) in [5.74, 6) is 0.686. The molecule has 2 rings (SSSR count). The number of aromatic nitrogens is 2. The van der Waals surface area contributed by atoms with Gasteiger partial charge in [0.1, 0.15) is 5.02 Å². The molecule has 0 spiro atoms. The number of nitrogens with zero attached hydrogens (tertiary/aromatic N) is 2. The van der Waals surface area contributed by atoms with Gasteiger partial charge in [0.05, 0.1) is 25.0 Å². The average molecular weight is 258 g/mol. The van der Waals surface area contributed by atoms with Crippen LogP contribution in [-0.4, -0.2) is 28.0 Å². The van der Waals surface area contributed by atoms with Crippen molar-refractivity contribution in [3.8, 4) is 0 Å². The van der Waals surface area contributed by atoms with E-state index in [9.17, 15) is 4.79 Å². The highest BCUT2D eigenvalue weighted by atomic mass is 35.5. The Kier molecular flexibility index (Phi) is 4.02. The van der Waals surface area contributed by atoms with E-state index in [2.05, 4.69) is 10.4 Å². The second-order valence-corrected chi connectivity index (χ2v) is 4.68. The third-order valence-corrected chi connectivity index (χ3v) is 3.47. The van der Waals surface area contributed by atoms with Crippen LogP contribution in [-0.2, 0) is 6.54 Å². The Morgan fingerprint density at radius 3 is 2.94 bits per heavy atom. The third kappa shape index (κ3) is 2.79. The van der Waals surface area contributed by atoms with E-state index in [1.54, 1.807) is 0 Å². The zero-order chi connectivity index (χ0) is 12.3. The maximum atomic E-state index is 11.7. The molecule has 1 aromatic heterocycles. The van der Waals surface area contributed by atoms with Crippen molar-refractivity contribution in [1.29, 1.82) is 0 Å². The van der Waals surface area contributed by atoms with Gasteiger partial charge in [0.15, 0.2) is 0 Å². The molecule has 0 unspecified atom stereocenters. The lowest BCUT2D eigenvalue weighted by Gasteiger charge is -2.25. The Hall–Kier alpha value is -1.07. The van der Waals surface area contributed by atoms with Crippen LogP contribution < -0.4 is 10.9 Å². The number of rotatable bonds is 5. The van der Waals surface area contributed by atoms with Crippen LogP contribution in [0.1, 0.15) is 19.3 Å². The predicted octanol–water partition coefficient (Wildman–Crippen LogP) is 1.10. The van der Waals surface area contributed by atoms with Gasteiger partial charge in [-0.15, -0.1) is 0 Å². The lowest BCUT2D eigenvalue weighted by molar-refractivity contribution is 0.266. The number of nitrogens with one attached hydrogen (secondary N) is 1. The van der Waals surface area contributed by atoms with Gasteiger partial charge in [0, 0.05) is 6.54 Å². The minimum absolute atomic E-state index is 0.127. The van der Waals surface area contributed by atoms with E-state index in [-0.39, 0.29) is 23.7 Å². The molecule has 94 valence electrons. The molecule has 0 aromatic carbocycles. The minimum atomic E-state index is -0.362. The van der Waals surface area contributed by atoms with Crippen LogP contribution in [0, 0.1) is 5.92 Å². The summed E-state index contributed by atoms with van der Waals surface area (Å²) in [6.45, 7) is 0.879. The fourth-order valence-corrected chi connectivity index (χ4v) is 2.01. The highest BCUT2D eigenvalue weighted by Gasteiger charge is 2.18. The summed E-state index contributed by atoms with van der Waals surface area (Å²) in [6, 6.07) is 0. The van der Waals surface area contributed by atoms with E-state index in [1.165, 1.54) is 25.5 Å². The monoisotopic (exact) mass is 257 g/mol. The molecule has 0 amide bonds. The van der Waals surface area contributed by atoms with Gasteiger partial charge in [-0.2, -0.15) is 5.10 Å². The molecule has 0 atom stereocenters. The molecule has 0 radical (unpaired) electrons. The van der Waals surface area contributed by atoms with Crippen LogP contribution in [0.4, 0.5) is 5.69 Å². The van der Waals surface area contributed by atoms with E-state index >= 15 is 0 Å². The molecule has 1 fully saturated rings. The number of halogens is 1. The van der Waals surface area contributed by atoms with Crippen LogP contribution in [0.2, 0.25) is 5.02 Å². The number of hydrogen-bond donors (Lipinski definition) is 2. The maximum absolute atomic E-state index is 11.7. The lowest BCUT2D eigenvalue weighted by Crippen LogP contribution is -2.27. The molecule has 17 heavy (non-hydrogen) atoms. The van der Waals surface area contributed by atoms with Crippen molar-refractivity contribution in [2.45, 2.75) is 25.8 Å². The van der Waals surface area contributed by atoms with Crippen LogP contribution in [0.5, 0.6) is 0 Å². The lowest BCUT2D eigenvalue weighted by atomic mass is 9.85. The molecule has 0 saturated heterocycles. The summed E-state index contributed by atoms with van der Waals surface area (Å²) in [5, 5.41) is 16.0. The van der Waals surface area contributed by atoms with Crippen molar-refractivity contribution in [2.24, 2.45) is 5.92 Å². The van der Waals surface area contributed by atoms with Crippen LogP contribution in [0.15, 0.2) is 11.0 Å². The molecular weight excluding hydrogens is 242 g/mol. The maximum Gasteiger partial charge on any atom is 0.287 e. The molecular formula is C11H16ClN3O2. The standard InChI is InChI=1S/C11H16ClN3O2/c12-10-9(13-6-8-2-1-3-8)7-14-15(4-5-16)11(10)17/h7-8,13,16H,1-6H2. The normalized spacial score (nSPS) is 15.6. The Bertz CT molecular complexity index is 443. The molecule has 1 aromatic rings. The van der Waals surface area contributed by atoms with Gasteiger partial charge in [0.2, 0.25) is 0 Å². The molecule has 5 nitrogen and oxygen atoms in total. The second-order valence-electron chi connectivity index (χ2n) is 4.30. The summed E-state index contributed by atoms with van der Waals surface area (Å²) < 4.78 is 1.16. The summed E-state index contributed by atoms with van der Waals surface area (Å²) in [5.41, 5.74) is 0.220. The topological polar surface area (TPSA) is 67.2 Å². The Balaban J connectivity index is 2.06. The first-order valence-electron chi connectivity index (χ1n) is 5.82. The molecule has 1 heterocycles. The fraction of sp³-hybridized carbons (Fsp3) is 0.636. The molecule has 0 bridgehead atoms. The highest BCUT2D eigenvalue weighted by Crippen LogP contribution is 2.27. The number of anilines is 1. The van der Waals surface area contributed by atoms with E-state index in [4.69, 9.17) is 16.7 Å². The van der Waals surface area contributed by atoms with E-state index in [0.717, 1.165) is 11.2 Å². The average Bonchev–Trinajstić information content (AvgIpc) is 2.26. The van der Waals surface area contributed by atoms with Gasteiger partial charge >= 0.3 is 0 Å². The van der Waals surface area contributed by atoms with Gasteiger partial charge < -0.3 is 10.4 Å². The minimum Gasteiger partial charge on any atom is -0.394 e. The first kappa shape index (κ1) is 12.4. The zero-order valence-electron chi connectivity index (χ0n) is 9.53. The molecule has 6 heteroatoms. The number of aliphatic hydroxyl groups is 1. The highest BCUT2D eigenvalue weighted by molar-refractivity contribution is 6.32. The Labute approximate surface area is 104 Å². The van der Waals surface area contributed by atoms with E-state index in [1.807, 2.05) is 0 Å². The van der Waals surface area contributed by atoms with Crippen molar-refractivity contribution in [3.63, 3.8) is 0 Å². The summed E-state index contributed by atoms with van der Waals surface area (Å²) in [4.78, 5) is 11.7. The van der Waals surface area contributed by atoms with Crippen molar-refractivity contribution in [3.05, 3.63) is 21.6 Å². The van der Waals surface area contributed by atoms with Gasteiger partial charge in [0.25, 0.3) is 5.56 Å². The molecule has 1 aliphatic rings. The largest absolute Gasteiger partial charge is 0.394 e. The number of aliphatic hydroxyl groups excluding tert-OH is 1. The molecule has 2 N–H and O–H groups in total. The molecule has 1 saturated carbocycles. The van der Waals surface area contributed by atoms with Gasteiger partial charge in [-0.25, -0.2) is 4.68 Å². The van der Waals surface area contributed by atoms with Gasteiger partial charge in [-0.05, 0) is 18.8 Å². The number of hydrogen-bond acceptors (Lipinski definition) is 4. The quantitative estimate of drug-likeness (QED) is 0.829. The fourth-order valence-electron chi connectivity index (χ4n) is 1.79. The van der Waals surface area contributed by atoms with Crippen molar-refractivity contribution in [1.82, 2.24) is 9.78 Å². The zero-order valence-corrected chi connectivity index (χ0v) is 10.3. The van der Waals surface area contributed by atoms with Crippen molar-refractivity contribution in [2.75, 3.05) is 18.5 Å². The summed E-state index contributed by atoms with van der Waals surface area (Å²) in [7, 11) is 0. The van der Waals surface area contributed by atoms with E-state index < -0.39 is 0 Å². The van der Waals surface area contributed by atoms with Crippen LogP contribution in [0.3, 0.4) is 0 Å². The first-order chi connectivity index (χ1) is 8.22. The summed E-state index contributed by atoms with van der Waals surface area (Å²) in [6.07, 6.45) is 5.30. The Morgan fingerprint density at radius 1 is 1.59 bits per heavy atom. The van der Waals surface area contributed by atoms with Crippen LogP contribution >= 0.6 is 11.6 Å². The summed E-state index contributed by atoms with van der Waals surface area (Å²) >= 11 is 5.96. The first-order valence-corrected chi connectivity index (χ1v) is 6.20. The van der Waals surface area contributed by atoms with Gasteiger partial charge in [-0.1, -0.05) is 18.0 Å². The van der Waals surface area contributed by atoms with E-state index in [0.29, 0.717) is 11.6 Å². The SMILES string of the molecule is O=c1c(Cl)c(NCC2CCC2)cnn1CCO.